The molecule has 1 aliphatic heterocycles. The Kier molecular flexibility index (Phi) is 7.59. The monoisotopic (exact) mass is 463 g/mol. The molecule has 0 saturated carbocycles. The summed E-state index contributed by atoms with van der Waals surface area (Å²) in [5.74, 6) is 0.586. The lowest BCUT2D eigenvalue weighted by Gasteiger charge is -2.19. The summed E-state index contributed by atoms with van der Waals surface area (Å²) in [6, 6.07) is 13.1. The van der Waals surface area contributed by atoms with E-state index < -0.39 is 5.97 Å². The summed E-state index contributed by atoms with van der Waals surface area (Å²) in [5.41, 5.74) is 2.80. The third-order valence-electron chi connectivity index (χ3n) is 5.83. The fraction of sp³-hybridized carbons (Fsp3) is 0.346. The van der Waals surface area contributed by atoms with Gasteiger partial charge in [0.15, 0.2) is 0 Å². The van der Waals surface area contributed by atoms with E-state index in [4.69, 9.17) is 14.2 Å². The number of ether oxygens (including phenoxy) is 3. The van der Waals surface area contributed by atoms with Gasteiger partial charge in [-0.15, -0.1) is 0 Å². The molecular formula is C26H29N3O5. The largest absolute Gasteiger partial charge is 0.494 e. The van der Waals surface area contributed by atoms with E-state index in [0.29, 0.717) is 43.9 Å². The Morgan fingerprint density at radius 3 is 2.62 bits per heavy atom. The number of benzene rings is 1. The third-order valence-corrected chi connectivity index (χ3v) is 5.83. The van der Waals surface area contributed by atoms with Crippen LogP contribution in [0, 0.1) is 0 Å². The second kappa shape index (κ2) is 11.0. The molecule has 0 N–H and O–H groups in total. The summed E-state index contributed by atoms with van der Waals surface area (Å²) in [7, 11) is 1.34. The molecule has 0 atom stereocenters. The van der Waals surface area contributed by atoms with Crippen molar-refractivity contribution in [1.82, 2.24) is 14.5 Å². The van der Waals surface area contributed by atoms with E-state index in [0.717, 1.165) is 23.4 Å². The number of rotatable bonds is 8. The number of hydrogen-bond donors (Lipinski definition) is 0. The van der Waals surface area contributed by atoms with Crippen LogP contribution >= 0.6 is 0 Å². The van der Waals surface area contributed by atoms with Gasteiger partial charge in [0, 0.05) is 56.8 Å². The van der Waals surface area contributed by atoms with Gasteiger partial charge in [-0.3, -0.25) is 14.7 Å². The molecule has 0 fully saturated rings. The minimum atomic E-state index is -0.508. The highest BCUT2D eigenvalue weighted by Gasteiger charge is 2.26. The lowest BCUT2D eigenvalue weighted by molar-refractivity contribution is 0.0592. The number of fused-ring (bicyclic) bond motifs is 1. The van der Waals surface area contributed by atoms with Crippen molar-refractivity contribution in [2.24, 2.45) is 0 Å². The zero-order valence-corrected chi connectivity index (χ0v) is 19.5. The smallest absolute Gasteiger partial charge is 0.343 e. The van der Waals surface area contributed by atoms with E-state index in [-0.39, 0.29) is 17.9 Å². The van der Waals surface area contributed by atoms with Crippen LogP contribution in [0.4, 0.5) is 0 Å². The normalized spacial score (nSPS) is 13.6. The molecule has 178 valence electrons. The van der Waals surface area contributed by atoms with Crippen LogP contribution in [0.1, 0.15) is 34.1 Å². The molecule has 3 aromatic rings. The van der Waals surface area contributed by atoms with Gasteiger partial charge in [-0.25, -0.2) is 4.79 Å². The molecule has 1 aromatic carbocycles. The van der Waals surface area contributed by atoms with Crippen molar-refractivity contribution in [2.45, 2.75) is 33.0 Å². The number of carbonyl (C=O) groups excluding carboxylic acids is 1. The van der Waals surface area contributed by atoms with Gasteiger partial charge in [0.2, 0.25) is 0 Å². The topological polar surface area (TPSA) is 82.9 Å². The highest BCUT2D eigenvalue weighted by molar-refractivity contribution is 5.93. The summed E-state index contributed by atoms with van der Waals surface area (Å²) < 4.78 is 18.3. The lowest BCUT2D eigenvalue weighted by atomic mass is 10.1. The maximum absolute atomic E-state index is 13.0. The Morgan fingerprint density at radius 1 is 1.03 bits per heavy atom. The van der Waals surface area contributed by atoms with Gasteiger partial charge in [-0.2, -0.15) is 0 Å². The van der Waals surface area contributed by atoms with Gasteiger partial charge < -0.3 is 18.8 Å². The van der Waals surface area contributed by atoms with E-state index in [1.54, 1.807) is 17.0 Å². The molecule has 2 aromatic heterocycles. The van der Waals surface area contributed by atoms with Gasteiger partial charge in [0.05, 0.1) is 13.7 Å². The van der Waals surface area contributed by atoms with E-state index in [1.807, 2.05) is 37.3 Å². The van der Waals surface area contributed by atoms with E-state index >= 15 is 0 Å². The maximum Gasteiger partial charge on any atom is 0.343 e. The van der Waals surface area contributed by atoms with Gasteiger partial charge in [-0.1, -0.05) is 12.1 Å². The standard InChI is InChI=1S/C26H29N3O5/c1-3-33-21-6-4-5-20(15-21)17-28-12-9-22-25(26(31)32-2)23(16-24(30)29(22)14-13-28)34-18-19-7-10-27-11-8-19/h4-8,10-11,15-16H,3,9,12-14,17-18H2,1-2H3. The molecule has 8 heteroatoms. The van der Waals surface area contributed by atoms with Gasteiger partial charge in [0.1, 0.15) is 23.7 Å². The molecule has 3 heterocycles. The highest BCUT2D eigenvalue weighted by atomic mass is 16.5. The molecule has 0 bridgehead atoms. The zero-order valence-electron chi connectivity index (χ0n) is 19.5. The Hall–Kier alpha value is -3.65. The van der Waals surface area contributed by atoms with Crippen molar-refractivity contribution in [3.8, 4) is 11.5 Å². The Labute approximate surface area is 198 Å². The molecule has 0 saturated heterocycles. The van der Waals surface area contributed by atoms with E-state index in [2.05, 4.69) is 16.0 Å². The van der Waals surface area contributed by atoms with Crippen LogP contribution in [0.25, 0.3) is 0 Å². The lowest BCUT2D eigenvalue weighted by Crippen LogP contribution is -2.29. The van der Waals surface area contributed by atoms with Crippen LogP contribution in [0.5, 0.6) is 11.5 Å². The first-order valence-electron chi connectivity index (χ1n) is 11.4. The fourth-order valence-electron chi connectivity index (χ4n) is 4.19. The minimum absolute atomic E-state index is 0.187. The average Bonchev–Trinajstić information content (AvgIpc) is 3.06. The summed E-state index contributed by atoms with van der Waals surface area (Å²) in [4.78, 5) is 32.0. The van der Waals surface area contributed by atoms with Crippen molar-refractivity contribution in [3.05, 3.63) is 87.6 Å². The molecule has 1 aliphatic rings. The predicted molar refractivity (Wildman–Crippen MR) is 127 cm³/mol. The number of esters is 1. The van der Waals surface area contributed by atoms with Crippen molar-refractivity contribution in [3.63, 3.8) is 0 Å². The molecule has 0 amide bonds. The van der Waals surface area contributed by atoms with Crippen LogP contribution in [0.2, 0.25) is 0 Å². The number of methoxy groups -OCH3 is 1. The first-order chi connectivity index (χ1) is 16.6. The minimum Gasteiger partial charge on any atom is -0.494 e. The Bertz CT molecular complexity index is 1190. The molecule has 0 unspecified atom stereocenters. The second-order valence-corrected chi connectivity index (χ2v) is 8.06. The molecule has 8 nitrogen and oxygen atoms in total. The molecule has 0 radical (unpaired) electrons. The van der Waals surface area contributed by atoms with Crippen molar-refractivity contribution < 1.29 is 19.0 Å². The molecular weight excluding hydrogens is 434 g/mol. The molecule has 0 aliphatic carbocycles. The number of aromatic nitrogens is 2. The quantitative estimate of drug-likeness (QED) is 0.475. The van der Waals surface area contributed by atoms with Crippen LogP contribution in [0.15, 0.2) is 59.7 Å². The zero-order chi connectivity index (χ0) is 23.9. The van der Waals surface area contributed by atoms with Crippen molar-refractivity contribution in [1.29, 1.82) is 0 Å². The Morgan fingerprint density at radius 2 is 1.85 bits per heavy atom. The Balaban J connectivity index is 1.57. The second-order valence-electron chi connectivity index (χ2n) is 8.06. The van der Waals surface area contributed by atoms with Gasteiger partial charge in [-0.05, 0) is 42.3 Å². The van der Waals surface area contributed by atoms with Crippen molar-refractivity contribution >= 4 is 5.97 Å². The summed E-state index contributed by atoms with van der Waals surface area (Å²) in [5, 5.41) is 0. The van der Waals surface area contributed by atoms with Crippen LogP contribution in [0.3, 0.4) is 0 Å². The molecule has 0 spiro atoms. The van der Waals surface area contributed by atoms with Crippen LogP contribution in [-0.4, -0.2) is 47.2 Å². The number of nitrogens with zero attached hydrogens (tertiary/aromatic N) is 3. The van der Waals surface area contributed by atoms with Gasteiger partial charge in [0.25, 0.3) is 5.56 Å². The number of hydrogen-bond acceptors (Lipinski definition) is 7. The van der Waals surface area contributed by atoms with E-state index in [9.17, 15) is 9.59 Å². The molecule has 34 heavy (non-hydrogen) atoms. The maximum atomic E-state index is 13.0. The van der Waals surface area contributed by atoms with Crippen molar-refractivity contribution in [2.75, 3.05) is 26.8 Å². The first kappa shape index (κ1) is 23.5. The summed E-state index contributed by atoms with van der Waals surface area (Å²) in [6.07, 6.45) is 3.87. The number of pyridine rings is 2. The summed E-state index contributed by atoms with van der Waals surface area (Å²) >= 11 is 0. The fourth-order valence-corrected chi connectivity index (χ4v) is 4.19. The average molecular weight is 464 g/mol. The SMILES string of the molecule is CCOc1cccc(CN2CCc3c(C(=O)OC)c(OCc4ccncc4)cc(=O)n3CC2)c1. The highest BCUT2D eigenvalue weighted by Crippen LogP contribution is 2.25. The van der Waals surface area contributed by atoms with Gasteiger partial charge >= 0.3 is 5.97 Å². The first-order valence-corrected chi connectivity index (χ1v) is 11.4. The predicted octanol–water partition coefficient (Wildman–Crippen LogP) is 3.07. The van der Waals surface area contributed by atoms with E-state index in [1.165, 1.54) is 13.2 Å². The number of carbonyl (C=O) groups is 1. The third kappa shape index (κ3) is 5.46. The van der Waals surface area contributed by atoms with Crippen LogP contribution in [-0.2, 0) is 30.9 Å². The summed E-state index contributed by atoms with van der Waals surface area (Å²) in [6.45, 7) is 5.38. The molecule has 4 rings (SSSR count). The van der Waals surface area contributed by atoms with Crippen LogP contribution < -0.4 is 15.0 Å².